The van der Waals surface area contributed by atoms with Crippen molar-refractivity contribution in [3.63, 3.8) is 0 Å². The van der Waals surface area contributed by atoms with E-state index in [0.717, 1.165) is 18.2 Å². The van der Waals surface area contributed by atoms with Gasteiger partial charge in [-0.3, -0.25) is 10.1 Å². The molecular weight excluding hydrogens is 397 g/mol. The van der Waals surface area contributed by atoms with Crippen molar-refractivity contribution in [2.45, 2.75) is 32.5 Å². The molecule has 0 unspecified atom stereocenters. The Morgan fingerprint density at radius 2 is 1.64 bits per heavy atom. The fourth-order valence-corrected chi connectivity index (χ4v) is 2.35. The number of carbonyl (C=O) groups is 2. The topological polar surface area (TPSA) is 67.4 Å². The standard InChI is InChI=1S/C19H18ClF3N2O3/c1-18(2,3)28-17(27)25-14-8-7-13(20)10-15(14)24-16(26)11-5-4-6-12(9-11)19(21,22)23/h4-10H,1-3H3,(H,24,26)(H,25,27). The van der Waals surface area contributed by atoms with Crippen molar-refractivity contribution in [2.24, 2.45) is 0 Å². The lowest BCUT2D eigenvalue weighted by atomic mass is 10.1. The third-order valence-electron chi connectivity index (χ3n) is 3.32. The number of nitrogens with one attached hydrogen (secondary N) is 2. The summed E-state index contributed by atoms with van der Waals surface area (Å²) >= 11 is 5.93. The summed E-state index contributed by atoms with van der Waals surface area (Å²) in [5.41, 5.74) is -1.59. The molecule has 2 rings (SSSR count). The van der Waals surface area contributed by atoms with Crippen LogP contribution in [0.2, 0.25) is 5.02 Å². The smallest absolute Gasteiger partial charge is 0.416 e. The van der Waals surface area contributed by atoms with Gasteiger partial charge in [0.15, 0.2) is 0 Å². The van der Waals surface area contributed by atoms with E-state index in [1.807, 2.05) is 0 Å². The molecule has 0 bridgehead atoms. The summed E-state index contributed by atoms with van der Waals surface area (Å²) in [6, 6.07) is 8.26. The van der Waals surface area contributed by atoms with Gasteiger partial charge >= 0.3 is 12.3 Å². The number of benzene rings is 2. The van der Waals surface area contributed by atoms with Gasteiger partial charge in [0.1, 0.15) is 5.60 Å². The molecule has 2 N–H and O–H groups in total. The van der Waals surface area contributed by atoms with E-state index >= 15 is 0 Å². The number of halogens is 4. The van der Waals surface area contributed by atoms with E-state index in [9.17, 15) is 22.8 Å². The molecule has 0 aliphatic carbocycles. The minimum absolute atomic E-state index is 0.112. The van der Waals surface area contributed by atoms with Crippen LogP contribution in [0.3, 0.4) is 0 Å². The van der Waals surface area contributed by atoms with Gasteiger partial charge in [-0.15, -0.1) is 0 Å². The highest BCUT2D eigenvalue weighted by molar-refractivity contribution is 6.31. The number of hydrogen-bond donors (Lipinski definition) is 2. The summed E-state index contributed by atoms with van der Waals surface area (Å²) < 4.78 is 43.7. The monoisotopic (exact) mass is 414 g/mol. The van der Waals surface area contributed by atoms with Gasteiger partial charge in [-0.05, 0) is 57.2 Å². The normalized spacial score (nSPS) is 11.7. The van der Waals surface area contributed by atoms with Crippen molar-refractivity contribution in [1.82, 2.24) is 0 Å². The van der Waals surface area contributed by atoms with E-state index in [-0.39, 0.29) is 22.0 Å². The molecule has 0 aromatic heterocycles. The van der Waals surface area contributed by atoms with E-state index in [1.165, 1.54) is 24.3 Å². The van der Waals surface area contributed by atoms with E-state index in [0.29, 0.717) is 0 Å². The lowest BCUT2D eigenvalue weighted by Gasteiger charge is -2.20. The maximum absolute atomic E-state index is 12.8. The quantitative estimate of drug-likeness (QED) is 0.651. The van der Waals surface area contributed by atoms with Gasteiger partial charge in [0, 0.05) is 10.6 Å². The number of hydrogen-bond acceptors (Lipinski definition) is 3. The molecule has 150 valence electrons. The number of anilines is 2. The Labute approximate surface area is 164 Å². The molecule has 0 saturated carbocycles. The van der Waals surface area contributed by atoms with Gasteiger partial charge in [0.2, 0.25) is 0 Å². The summed E-state index contributed by atoms with van der Waals surface area (Å²) in [6.45, 7) is 5.06. The van der Waals surface area contributed by atoms with Crippen molar-refractivity contribution in [1.29, 1.82) is 0 Å². The first kappa shape index (κ1) is 21.6. The van der Waals surface area contributed by atoms with Crippen LogP contribution in [0, 0.1) is 0 Å². The fourth-order valence-electron chi connectivity index (χ4n) is 2.17. The molecule has 0 atom stereocenters. The molecular formula is C19H18ClF3N2O3. The van der Waals surface area contributed by atoms with E-state index in [1.54, 1.807) is 20.8 Å². The lowest BCUT2D eigenvalue weighted by Crippen LogP contribution is -2.27. The Bertz CT molecular complexity index is 893. The van der Waals surface area contributed by atoms with Crippen LogP contribution in [0.1, 0.15) is 36.7 Å². The van der Waals surface area contributed by atoms with E-state index < -0.39 is 29.3 Å². The Balaban J connectivity index is 2.25. The van der Waals surface area contributed by atoms with Crippen molar-refractivity contribution in [2.75, 3.05) is 10.6 Å². The summed E-state index contributed by atoms with van der Waals surface area (Å²) in [4.78, 5) is 24.4. The molecule has 2 aromatic carbocycles. The Hall–Kier alpha value is -2.74. The fraction of sp³-hybridized carbons (Fsp3) is 0.263. The zero-order valence-electron chi connectivity index (χ0n) is 15.3. The minimum atomic E-state index is -4.57. The first-order chi connectivity index (χ1) is 12.8. The van der Waals surface area contributed by atoms with Gasteiger partial charge in [0.05, 0.1) is 16.9 Å². The minimum Gasteiger partial charge on any atom is -0.444 e. The van der Waals surface area contributed by atoms with Crippen LogP contribution in [0.25, 0.3) is 0 Å². The van der Waals surface area contributed by atoms with Crippen molar-refractivity contribution in [3.8, 4) is 0 Å². The molecule has 5 nitrogen and oxygen atoms in total. The Morgan fingerprint density at radius 1 is 0.964 bits per heavy atom. The maximum atomic E-state index is 12.8. The zero-order chi connectivity index (χ0) is 21.1. The molecule has 0 aliphatic rings. The average molecular weight is 415 g/mol. The Kier molecular flexibility index (Phi) is 6.23. The third kappa shape index (κ3) is 6.16. The summed E-state index contributed by atoms with van der Waals surface area (Å²) in [7, 11) is 0. The second-order valence-electron chi connectivity index (χ2n) is 6.85. The molecule has 0 aliphatic heterocycles. The zero-order valence-corrected chi connectivity index (χ0v) is 16.0. The molecule has 9 heteroatoms. The predicted octanol–water partition coefficient (Wildman–Crippen LogP) is 5.96. The molecule has 0 heterocycles. The first-order valence-corrected chi connectivity index (χ1v) is 8.51. The predicted molar refractivity (Wildman–Crippen MR) is 101 cm³/mol. The summed E-state index contributed by atoms with van der Waals surface area (Å²) in [5, 5.41) is 5.18. The third-order valence-corrected chi connectivity index (χ3v) is 3.55. The van der Waals surface area contributed by atoms with Crippen molar-refractivity contribution in [3.05, 3.63) is 58.6 Å². The number of amides is 2. The number of carbonyl (C=O) groups excluding carboxylic acids is 2. The van der Waals surface area contributed by atoms with Gasteiger partial charge in [-0.25, -0.2) is 4.79 Å². The molecule has 2 amide bonds. The van der Waals surface area contributed by atoms with Crippen molar-refractivity contribution >= 4 is 35.0 Å². The van der Waals surface area contributed by atoms with Crippen LogP contribution in [-0.4, -0.2) is 17.6 Å². The van der Waals surface area contributed by atoms with Crippen LogP contribution in [0.15, 0.2) is 42.5 Å². The second-order valence-corrected chi connectivity index (χ2v) is 7.29. The molecule has 2 aromatic rings. The lowest BCUT2D eigenvalue weighted by molar-refractivity contribution is -0.137. The Morgan fingerprint density at radius 3 is 2.25 bits per heavy atom. The molecule has 0 radical (unpaired) electrons. The molecule has 0 fully saturated rings. The highest BCUT2D eigenvalue weighted by Crippen LogP contribution is 2.30. The maximum Gasteiger partial charge on any atom is 0.416 e. The van der Waals surface area contributed by atoms with Gasteiger partial charge < -0.3 is 10.1 Å². The highest BCUT2D eigenvalue weighted by atomic mass is 35.5. The average Bonchev–Trinajstić information content (AvgIpc) is 2.55. The molecule has 0 spiro atoms. The van der Waals surface area contributed by atoms with Gasteiger partial charge in [-0.2, -0.15) is 13.2 Å². The van der Waals surface area contributed by atoms with Crippen LogP contribution < -0.4 is 10.6 Å². The van der Waals surface area contributed by atoms with Crippen molar-refractivity contribution < 1.29 is 27.5 Å². The van der Waals surface area contributed by atoms with Crippen LogP contribution in [0.4, 0.5) is 29.3 Å². The van der Waals surface area contributed by atoms with Crippen LogP contribution >= 0.6 is 11.6 Å². The molecule has 28 heavy (non-hydrogen) atoms. The van der Waals surface area contributed by atoms with E-state index in [2.05, 4.69) is 10.6 Å². The number of alkyl halides is 3. The number of rotatable bonds is 3. The highest BCUT2D eigenvalue weighted by Gasteiger charge is 2.31. The number of ether oxygens (including phenoxy) is 1. The first-order valence-electron chi connectivity index (χ1n) is 8.13. The van der Waals surface area contributed by atoms with Gasteiger partial charge in [0.25, 0.3) is 5.91 Å². The molecule has 0 saturated heterocycles. The summed E-state index contributed by atoms with van der Waals surface area (Å²) in [6.07, 6.45) is -5.33. The SMILES string of the molecule is CC(C)(C)OC(=O)Nc1ccc(Cl)cc1NC(=O)c1cccc(C(F)(F)F)c1. The second kappa shape index (κ2) is 8.10. The van der Waals surface area contributed by atoms with Crippen LogP contribution in [0.5, 0.6) is 0 Å². The van der Waals surface area contributed by atoms with Crippen LogP contribution in [-0.2, 0) is 10.9 Å². The summed E-state index contributed by atoms with van der Waals surface area (Å²) in [5.74, 6) is -0.791. The largest absolute Gasteiger partial charge is 0.444 e. The van der Waals surface area contributed by atoms with E-state index in [4.69, 9.17) is 16.3 Å². The van der Waals surface area contributed by atoms with Gasteiger partial charge in [-0.1, -0.05) is 17.7 Å².